The average Bonchev–Trinajstić information content (AvgIpc) is 2.61. The fourth-order valence-corrected chi connectivity index (χ4v) is 2.02. The molecule has 0 saturated carbocycles. The van der Waals surface area contributed by atoms with E-state index in [0.717, 1.165) is 28.4 Å². The summed E-state index contributed by atoms with van der Waals surface area (Å²) >= 11 is 11.6. The van der Waals surface area contributed by atoms with E-state index in [-0.39, 0.29) is 12.4 Å². The highest BCUT2D eigenvalue weighted by Gasteiger charge is 2.14. The van der Waals surface area contributed by atoms with Crippen LogP contribution in [0.5, 0.6) is 0 Å². The number of alkyl halides is 1. The van der Waals surface area contributed by atoms with E-state index in [1.165, 1.54) is 5.57 Å². The quantitative estimate of drug-likeness (QED) is 0.707. The molecule has 2 rings (SSSR count). The molecule has 1 heterocycles. The second kappa shape index (κ2) is 5.72. The minimum absolute atomic E-state index is 0. The fourth-order valence-electron chi connectivity index (χ4n) is 1.60. The third-order valence-corrected chi connectivity index (χ3v) is 3.00. The molecular formula is C12H12Cl3N. The van der Waals surface area contributed by atoms with Gasteiger partial charge in [0.1, 0.15) is 0 Å². The molecule has 1 aliphatic heterocycles. The number of allylic oxidation sites excluding steroid dienone is 2. The number of nitrogens with zero attached hydrogens (tertiary/aromatic N) is 1. The Balaban J connectivity index is 0.00000128. The summed E-state index contributed by atoms with van der Waals surface area (Å²) in [6.07, 6.45) is 0.893. The maximum absolute atomic E-state index is 5.83. The van der Waals surface area contributed by atoms with E-state index in [0.29, 0.717) is 5.88 Å². The first kappa shape index (κ1) is 13.6. The molecule has 1 aromatic carbocycles. The van der Waals surface area contributed by atoms with Crippen molar-refractivity contribution < 1.29 is 0 Å². The van der Waals surface area contributed by atoms with E-state index in [4.69, 9.17) is 23.2 Å². The Morgan fingerprint density at radius 3 is 2.38 bits per heavy atom. The van der Waals surface area contributed by atoms with Gasteiger partial charge in [-0.15, -0.1) is 24.0 Å². The molecule has 16 heavy (non-hydrogen) atoms. The van der Waals surface area contributed by atoms with Crippen molar-refractivity contribution in [1.29, 1.82) is 0 Å². The minimum atomic E-state index is 0. The maximum Gasteiger partial charge on any atom is 0.0647 e. The van der Waals surface area contributed by atoms with Crippen LogP contribution in [-0.4, -0.2) is 11.6 Å². The third kappa shape index (κ3) is 2.79. The van der Waals surface area contributed by atoms with Gasteiger partial charge in [-0.05, 0) is 30.2 Å². The summed E-state index contributed by atoms with van der Waals surface area (Å²) in [5.74, 6) is 0.489. The summed E-state index contributed by atoms with van der Waals surface area (Å²) in [5, 5.41) is 0.750. The van der Waals surface area contributed by atoms with Gasteiger partial charge in [-0.1, -0.05) is 23.7 Å². The van der Waals surface area contributed by atoms with Gasteiger partial charge in [-0.2, -0.15) is 0 Å². The number of aliphatic imine (C=N–C) groups is 1. The zero-order chi connectivity index (χ0) is 10.8. The van der Waals surface area contributed by atoms with Gasteiger partial charge in [0, 0.05) is 11.4 Å². The lowest BCUT2D eigenvalue weighted by molar-refractivity contribution is 1.22. The zero-order valence-electron chi connectivity index (χ0n) is 8.84. The lowest BCUT2D eigenvalue weighted by atomic mass is 10.1. The van der Waals surface area contributed by atoms with Crippen LogP contribution in [0.4, 0.5) is 0 Å². The summed E-state index contributed by atoms with van der Waals surface area (Å²) in [7, 11) is 0. The predicted molar refractivity (Wildman–Crippen MR) is 73.3 cm³/mol. The highest BCUT2D eigenvalue weighted by atomic mass is 35.5. The largest absolute Gasteiger partial charge is 0.256 e. The normalized spacial score (nSPS) is 14.8. The van der Waals surface area contributed by atoms with Gasteiger partial charge in [0.15, 0.2) is 0 Å². The van der Waals surface area contributed by atoms with Crippen molar-refractivity contribution in [1.82, 2.24) is 0 Å². The van der Waals surface area contributed by atoms with Crippen molar-refractivity contribution in [2.45, 2.75) is 13.3 Å². The van der Waals surface area contributed by atoms with Gasteiger partial charge in [-0.25, -0.2) is 0 Å². The van der Waals surface area contributed by atoms with Crippen molar-refractivity contribution in [3.8, 4) is 0 Å². The average molecular weight is 277 g/mol. The first-order chi connectivity index (χ1) is 7.20. The van der Waals surface area contributed by atoms with Crippen LogP contribution in [0.1, 0.15) is 18.9 Å². The Morgan fingerprint density at radius 1 is 1.25 bits per heavy atom. The van der Waals surface area contributed by atoms with Gasteiger partial charge in [0.2, 0.25) is 0 Å². The topological polar surface area (TPSA) is 12.4 Å². The van der Waals surface area contributed by atoms with Crippen molar-refractivity contribution in [3.05, 3.63) is 46.1 Å². The van der Waals surface area contributed by atoms with Crippen LogP contribution in [-0.2, 0) is 0 Å². The second-order valence-electron chi connectivity index (χ2n) is 3.60. The Kier molecular flexibility index (Phi) is 4.85. The number of benzene rings is 1. The van der Waals surface area contributed by atoms with Gasteiger partial charge in [0.05, 0.1) is 17.3 Å². The standard InChI is InChI=1S/C12H11Cl2N.ClH/c1-8-6-11(15-12(8)7-13)9-2-4-10(14)5-3-9;/h2-5H,6-7H2,1H3;1H. The monoisotopic (exact) mass is 275 g/mol. The van der Waals surface area contributed by atoms with Crippen molar-refractivity contribution in [2.24, 2.45) is 4.99 Å². The Bertz CT molecular complexity index is 432. The molecule has 86 valence electrons. The first-order valence-electron chi connectivity index (χ1n) is 4.79. The molecule has 1 aliphatic rings. The van der Waals surface area contributed by atoms with Crippen molar-refractivity contribution in [2.75, 3.05) is 5.88 Å². The molecule has 0 saturated heterocycles. The summed E-state index contributed by atoms with van der Waals surface area (Å²) in [4.78, 5) is 4.51. The molecule has 0 bridgehead atoms. The van der Waals surface area contributed by atoms with Gasteiger partial charge in [-0.3, -0.25) is 4.99 Å². The van der Waals surface area contributed by atoms with Gasteiger partial charge < -0.3 is 0 Å². The van der Waals surface area contributed by atoms with E-state index in [9.17, 15) is 0 Å². The maximum atomic E-state index is 5.83. The number of rotatable bonds is 2. The molecule has 0 atom stereocenters. The van der Waals surface area contributed by atoms with Gasteiger partial charge in [0.25, 0.3) is 0 Å². The molecule has 1 aromatic rings. The molecule has 0 unspecified atom stereocenters. The lowest BCUT2D eigenvalue weighted by Gasteiger charge is -2.00. The third-order valence-electron chi connectivity index (χ3n) is 2.50. The number of halogens is 3. The second-order valence-corrected chi connectivity index (χ2v) is 4.31. The predicted octanol–water partition coefficient (Wildman–Crippen LogP) is 4.47. The molecule has 0 spiro atoms. The first-order valence-corrected chi connectivity index (χ1v) is 5.70. The SMILES string of the molecule is CC1=C(CCl)N=C(c2ccc(Cl)cc2)C1.Cl. The summed E-state index contributed by atoms with van der Waals surface area (Å²) in [5.41, 5.74) is 4.47. The molecule has 1 nitrogen and oxygen atoms in total. The lowest BCUT2D eigenvalue weighted by Crippen LogP contribution is -1.96. The molecule has 0 aromatic heterocycles. The summed E-state index contributed by atoms with van der Waals surface area (Å²) < 4.78 is 0. The van der Waals surface area contributed by atoms with E-state index in [1.807, 2.05) is 24.3 Å². The number of hydrogen-bond donors (Lipinski definition) is 0. The molecule has 0 N–H and O–H groups in total. The Morgan fingerprint density at radius 2 is 1.88 bits per heavy atom. The Hall–Kier alpha value is -0.500. The molecule has 0 aliphatic carbocycles. The van der Waals surface area contributed by atoms with E-state index >= 15 is 0 Å². The molecular weight excluding hydrogens is 264 g/mol. The zero-order valence-corrected chi connectivity index (χ0v) is 11.2. The van der Waals surface area contributed by atoms with E-state index in [1.54, 1.807) is 0 Å². The fraction of sp³-hybridized carbons (Fsp3) is 0.250. The van der Waals surface area contributed by atoms with Crippen LogP contribution < -0.4 is 0 Å². The van der Waals surface area contributed by atoms with Crippen LogP contribution >= 0.6 is 35.6 Å². The van der Waals surface area contributed by atoms with Gasteiger partial charge >= 0.3 is 0 Å². The highest BCUT2D eigenvalue weighted by Crippen LogP contribution is 2.24. The minimum Gasteiger partial charge on any atom is -0.256 e. The smallest absolute Gasteiger partial charge is 0.0647 e. The van der Waals surface area contributed by atoms with Crippen LogP contribution in [0.3, 0.4) is 0 Å². The van der Waals surface area contributed by atoms with Crippen LogP contribution in [0.2, 0.25) is 5.02 Å². The van der Waals surface area contributed by atoms with Crippen LogP contribution in [0.15, 0.2) is 40.5 Å². The molecule has 0 amide bonds. The molecule has 0 fully saturated rings. The summed E-state index contributed by atoms with van der Waals surface area (Å²) in [6.45, 7) is 2.07. The highest BCUT2D eigenvalue weighted by molar-refractivity contribution is 6.30. The molecule has 0 radical (unpaired) electrons. The summed E-state index contributed by atoms with van der Waals surface area (Å²) in [6, 6.07) is 7.75. The Labute approximate surface area is 112 Å². The van der Waals surface area contributed by atoms with Crippen molar-refractivity contribution in [3.63, 3.8) is 0 Å². The van der Waals surface area contributed by atoms with Crippen molar-refractivity contribution >= 4 is 41.3 Å². The van der Waals surface area contributed by atoms with E-state index in [2.05, 4.69) is 11.9 Å². The molecule has 4 heteroatoms. The van der Waals surface area contributed by atoms with Crippen LogP contribution in [0, 0.1) is 0 Å². The number of hydrogen-bond acceptors (Lipinski definition) is 1. The van der Waals surface area contributed by atoms with E-state index < -0.39 is 0 Å². The van der Waals surface area contributed by atoms with Crippen LogP contribution in [0.25, 0.3) is 0 Å².